The molecular formula is C15H16Cl2N4. The van der Waals surface area contributed by atoms with Crippen LogP contribution in [0.2, 0.25) is 10.0 Å². The molecule has 1 aliphatic rings. The first-order valence-corrected chi connectivity index (χ1v) is 7.73. The molecule has 1 aromatic heterocycles. The van der Waals surface area contributed by atoms with Crippen LogP contribution in [-0.2, 0) is 0 Å². The van der Waals surface area contributed by atoms with Gasteiger partial charge in [-0.25, -0.2) is 9.97 Å². The van der Waals surface area contributed by atoms with E-state index in [0.29, 0.717) is 21.4 Å². The molecule has 0 saturated carbocycles. The predicted octanol–water partition coefficient (Wildman–Crippen LogP) is 4.02. The second kappa shape index (κ2) is 6.08. The van der Waals surface area contributed by atoms with Gasteiger partial charge in [-0.3, -0.25) is 0 Å². The molecule has 110 valence electrons. The predicted molar refractivity (Wildman–Crippen MR) is 88.0 cm³/mol. The average Bonchev–Trinajstić information content (AvgIpc) is 2.49. The molecule has 0 amide bonds. The number of nitrogens with two attached hydrogens (primary N) is 1. The van der Waals surface area contributed by atoms with Crippen LogP contribution >= 0.6 is 23.2 Å². The maximum Gasteiger partial charge on any atom is 0.155 e. The van der Waals surface area contributed by atoms with E-state index in [-0.39, 0.29) is 0 Å². The molecule has 4 nitrogen and oxygen atoms in total. The van der Waals surface area contributed by atoms with E-state index >= 15 is 0 Å². The van der Waals surface area contributed by atoms with Crippen LogP contribution in [0.15, 0.2) is 24.5 Å². The second-order valence-electron chi connectivity index (χ2n) is 5.13. The Balaban J connectivity index is 2.03. The lowest BCUT2D eigenvalue weighted by atomic mass is 10.1. The average molecular weight is 323 g/mol. The fraction of sp³-hybridized carbons (Fsp3) is 0.333. The Morgan fingerprint density at radius 2 is 1.81 bits per heavy atom. The summed E-state index contributed by atoms with van der Waals surface area (Å²) in [7, 11) is 0. The van der Waals surface area contributed by atoms with E-state index < -0.39 is 0 Å². The molecule has 1 aliphatic heterocycles. The van der Waals surface area contributed by atoms with Crippen molar-refractivity contribution in [2.75, 3.05) is 23.7 Å². The number of benzene rings is 1. The van der Waals surface area contributed by atoms with Gasteiger partial charge in [0.25, 0.3) is 0 Å². The smallest absolute Gasteiger partial charge is 0.155 e. The summed E-state index contributed by atoms with van der Waals surface area (Å²) in [5, 5.41) is 1.13. The minimum absolute atomic E-state index is 0.539. The van der Waals surface area contributed by atoms with Gasteiger partial charge in [-0.05, 0) is 37.5 Å². The largest absolute Gasteiger partial charge is 0.394 e. The van der Waals surface area contributed by atoms with Crippen LogP contribution in [0.4, 0.5) is 11.5 Å². The van der Waals surface area contributed by atoms with Crippen molar-refractivity contribution < 1.29 is 0 Å². The van der Waals surface area contributed by atoms with Gasteiger partial charge in [0, 0.05) is 23.7 Å². The number of nitrogen functional groups attached to an aromatic ring is 1. The number of piperidine rings is 1. The summed E-state index contributed by atoms with van der Waals surface area (Å²) < 4.78 is 0. The van der Waals surface area contributed by atoms with Crippen LogP contribution in [0.25, 0.3) is 11.3 Å². The fourth-order valence-corrected chi connectivity index (χ4v) is 3.14. The molecule has 1 fully saturated rings. The number of halogens is 2. The maximum atomic E-state index is 6.29. The summed E-state index contributed by atoms with van der Waals surface area (Å²) in [5.41, 5.74) is 8.30. The normalized spacial score (nSPS) is 15.2. The lowest BCUT2D eigenvalue weighted by Crippen LogP contribution is -2.31. The molecule has 3 rings (SSSR count). The van der Waals surface area contributed by atoms with Gasteiger partial charge in [0.1, 0.15) is 17.7 Å². The van der Waals surface area contributed by atoms with Gasteiger partial charge in [-0.2, -0.15) is 0 Å². The van der Waals surface area contributed by atoms with Crippen molar-refractivity contribution in [3.8, 4) is 11.3 Å². The van der Waals surface area contributed by atoms with Crippen molar-refractivity contribution in [1.82, 2.24) is 9.97 Å². The maximum absolute atomic E-state index is 6.29. The highest BCUT2D eigenvalue weighted by Crippen LogP contribution is 2.36. The third-order valence-corrected chi connectivity index (χ3v) is 4.25. The van der Waals surface area contributed by atoms with E-state index in [9.17, 15) is 0 Å². The minimum atomic E-state index is 0.539. The zero-order chi connectivity index (χ0) is 14.8. The number of aromatic nitrogens is 2. The van der Waals surface area contributed by atoms with Crippen molar-refractivity contribution in [3.05, 3.63) is 34.6 Å². The molecule has 2 aromatic rings. The summed E-state index contributed by atoms with van der Waals surface area (Å²) in [4.78, 5) is 10.9. The quantitative estimate of drug-likeness (QED) is 0.907. The Bertz CT molecular complexity index is 654. The Kier molecular flexibility index (Phi) is 4.17. The zero-order valence-corrected chi connectivity index (χ0v) is 13.0. The topological polar surface area (TPSA) is 55.0 Å². The number of hydrogen-bond acceptors (Lipinski definition) is 4. The van der Waals surface area contributed by atoms with Gasteiger partial charge in [0.15, 0.2) is 5.82 Å². The van der Waals surface area contributed by atoms with Gasteiger partial charge < -0.3 is 10.6 Å². The van der Waals surface area contributed by atoms with Gasteiger partial charge in [-0.15, -0.1) is 0 Å². The molecule has 21 heavy (non-hydrogen) atoms. The Morgan fingerprint density at radius 1 is 1.05 bits per heavy atom. The number of rotatable bonds is 2. The van der Waals surface area contributed by atoms with Gasteiger partial charge in [0.05, 0.1) is 5.02 Å². The molecule has 1 saturated heterocycles. The van der Waals surface area contributed by atoms with E-state index in [1.165, 1.54) is 19.3 Å². The van der Waals surface area contributed by atoms with Crippen LogP contribution in [-0.4, -0.2) is 23.1 Å². The van der Waals surface area contributed by atoms with Crippen LogP contribution < -0.4 is 10.6 Å². The van der Waals surface area contributed by atoms with Crippen molar-refractivity contribution in [1.29, 1.82) is 0 Å². The first-order valence-electron chi connectivity index (χ1n) is 6.97. The standard InChI is InChI=1S/C15H16Cl2N4/c16-10-4-5-11(12(17)8-10)14-13(18)15(20-9-19-14)21-6-2-1-3-7-21/h4-5,8-9H,1-3,6-7,18H2. The third kappa shape index (κ3) is 2.92. The molecule has 0 bridgehead atoms. The van der Waals surface area contributed by atoms with E-state index in [4.69, 9.17) is 28.9 Å². The summed E-state index contributed by atoms with van der Waals surface area (Å²) in [5.74, 6) is 0.797. The summed E-state index contributed by atoms with van der Waals surface area (Å²) in [6.45, 7) is 1.96. The molecular weight excluding hydrogens is 307 g/mol. The van der Waals surface area contributed by atoms with Gasteiger partial charge >= 0.3 is 0 Å². The molecule has 2 N–H and O–H groups in total. The SMILES string of the molecule is Nc1c(-c2ccc(Cl)cc2Cl)ncnc1N1CCCCC1. The Hall–Kier alpha value is -1.52. The highest BCUT2D eigenvalue weighted by molar-refractivity contribution is 6.36. The molecule has 0 aliphatic carbocycles. The molecule has 0 spiro atoms. The lowest BCUT2D eigenvalue weighted by molar-refractivity contribution is 0.573. The van der Waals surface area contributed by atoms with Crippen molar-refractivity contribution in [2.24, 2.45) is 0 Å². The van der Waals surface area contributed by atoms with E-state index in [1.54, 1.807) is 18.5 Å². The van der Waals surface area contributed by atoms with E-state index in [2.05, 4.69) is 14.9 Å². The summed E-state index contributed by atoms with van der Waals surface area (Å²) in [6, 6.07) is 5.31. The first-order chi connectivity index (χ1) is 10.2. The lowest BCUT2D eigenvalue weighted by Gasteiger charge is -2.29. The van der Waals surface area contributed by atoms with Crippen molar-refractivity contribution in [2.45, 2.75) is 19.3 Å². The second-order valence-corrected chi connectivity index (χ2v) is 5.98. The Morgan fingerprint density at radius 3 is 2.52 bits per heavy atom. The molecule has 0 atom stereocenters. The molecule has 1 aromatic carbocycles. The number of nitrogens with zero attached hydrogens (tertiary/aromatic N) is 3. The Labute approximate surface area is 133 Å². The third-order valence-electron chi connectivity index (χ3n) is 3.70. The molecule has 0 unspecified atom stereocenters. The number of anilines is 2. The fourth-order valence-electron chi connectivity index (χ4n) is 2.64. The monoisotopic (exact) mass is 322 g/mol. The van der Waals surface area contributed by atoms with E-state index in [0.717, 1.165) is 24.5 Å². The van der Waals surface area contributed by atoms with Crippen molar-refractivity contribution >= 4 is 34.7 Å². The molecule has 2 heterocycles. The minimum Gasteiger partial charge on any atom is -0.394 e. The summed E-state index contributed by atoms with van der Waals surface area (Å²) >= 11 is 12.2. The summed E-state index contributed by atoms with van der Waals surface area (Å²) in [6.07, 6.45) is 5.14. The number of hydrogen-bond donors (Lipinski definition) is 1. The highest BCUT2D eigenvalue weighted by atomic mass is 35.5. The van der Waals surface area contributed by atoms with Crippen LogP contribution in [0, 0.1) is 0 Å². The molecule has 6 heteroatoms. The van der Waals surface area contributed by atoms with Crippen molar-refractivity contribution in [3.63, 3.8) is 0 Å². The molecule has 0 radical (unpaired) electrons. The van der Waals surface area contributed by atoms with Gasteiger partial charge in [0.2, 0.25) is 0 Å². The van der Waals surface area contributed by atoms with Crippen LogP contribution in [0.5, 0.6) is 0 Å². The zero-order valence-electron chi connectivity index (χ0n) is 11.5. The van der Waals surface area contributed by atoms with Crippen LogP contribution in [0.1, 0.15) is 19.3 Å². The van der Waals surface area contributed by atoms with Crippen LogP contribution in [0.3, 0.4) is 0 Å². The highest BCUT2D eigenvalue weighted by Gasteiger charge is 2.19. The van der Waals surface area contributed by atoms with E-state index in [1.807, 2.05) is 6.07 Å². The van der Waals surface area contributed by atoms with Gasteiger partial charge in [-0.1, -0.05) is 23.2 Å². The first kappa shape index (κ1) is 14.4.